The number of furan rings is 1. The molecular formula is C22H26N2O3. The van der Waals surface area contributed by atoms with Crippen LogP contribution in [0.2, 0.25) is 0 Å². The fraction of sp³-hybridized carbons (Fsp3) is 0.455. The van der Waals surface area contributed by atoms with Gasteiger partial charge in [-0.3, -0.25) is 9.59 Å². The van der Waals surface area contributed by atoms with Gasteiger partial charge in [0.1, 0.15) is 6.26 Å². The molecule has 27 heavy (non-hydrogen) atoms. The smallest absolute Gasteiger partial charge is 0.257 e. The first-order chi connectivity index (χ1) is 13.2. The van der Waals surface area contributed by atoms with Gasteiger partial charge in [-0.25, -0.2) is 0 Å². The number of rotatable bonds is 3. The number of piperidine rings is 2. The van der Waals surface area contributed by atoms with Crippen molar-refractivity contribution in [1.82, 2.24) is 9.80 Å². The van der Waals surface area contributed by atoms with E-state index in [0.717, 1.165) is 38.8 Å². The molecule has 2 aromatic rings. The lowest BCUT2D eigenvalue weighted by Crippen LogP contribution is -2.46. The number of likely N-dealkylation sites (tertiary alicyclic amines) is 2. The summed E-state index contributed by atoms with van der Waals surface area (Å²) in [6.07, 6.45) is 6.57. The van der Waals surface area contributed by atoms with E-state index in [1.165, 1.54) is 18.1 Å². The van der Waals surface area contributed by atoms with Crippen molar-refractivity contribution < 1.29 is 14.0 Å². The Bertz CT molecular complexity index is 756. The molecule has 5 nitrogen and oxygen atoms in total. The van der Waals surface area contributed by atoms with E-state index in [2.05, 4.69) is 24.3 Å². The standard InChI is InChI=1S/C22H26N2O3/c25-21(23-11-6-18(7-12-23)17-4-2-1-3-5-17)19-8-13-24(14-9-19)22(26)20-10-15-27-16-20/h1-5,10,15-16,18-19H,6-9,11-14H2. The summed E-state index contributed by atoms with van der Waals surface area (Å²) in [6, 6.07) is 12.3. The highest BCUT2D eigenvalue weighted by atomic mass is 16.3. The van der Waals surface area contributed by atoms with Crippen LogP contribution in [0.3, 0.4) is 0 Å². The Balaban J connectivity index is 1.27. The van der Waals surface area contributed by atoms with Crippen LogP contribution >= 0.6 is 0 Å². The van der Waals surface area contributed by atoms with E-state index < -0.39 is 0 Å². The predicted molar refractivity (Wildman–Crippen MR) is 102 cm³/mol. The van der Waals surface area contributed by atoms with Gasteiger partial charge in [0.15, 0.2) is 0 Å². The van der Waals surface area contributed by atoms with Gasteiger partial charge < -0.3 is 14.2 Å². The summed E-state index contributed by atoms with van der Waals surface area (Å²) in [5.41, 5.74) is 1.97. The van der Waals surface area contributed by atoms with E-state index in [1.807, 2.05) is 15.9 Å². The highest BCUT2D eigenvalue weighted by Gasteiger charge is 2.32. The van der Waals surface area contributed by atoms with E-state index in [-0.39, 0.29) is 17.7 Å². The van der Waals surface area contributed by atoms with Crippen molar-refractivity contribution in [2.24, 2.45) is 5.92 Å². The lowest BCUT2D eigenvalue weighted by atomic mass is 9.88. The maximum atomic E-state index is 12.9. The van der Waals surface area contributed by atoms with Gasteiger partial charge >= 0.3 is 0 Å². The maximum absolute atomic E-state index is 12.9. The Morgan fingerprint density at radius 3 is 2.15 bits per heavy atom. The summed E-state index contributed by atoms with van der Waals surface area (Å²) in [5.74, 6) is 0.881. The zero-order valence-corrected chi connectivity index (χ0v) is 15.5. The van der Waals surface area contributed by atoms with Crippen molar-refractivity contribution in [2.45, 2.75) is 31.6 Å². The van der Waals surface area contributed by atoms with Gasteiger partial charge in [0.05, 0.1) is 11.8 Å². The van der Waals surface area contributed by atoms with Crippen LogP contribution in [0.15, 0.2) is 53.3 Å². The van der Waals surface area contributed by atoms with Crippen LogP contribution in [0.1, 0.15) is 47.5 Å². The van der Waals surface area contributed by atoms with E-state index in [0.29, 0.717) is 24.6 Å². The van der Waals surface area contributed by atoms with Crippen LogP contribution in [0.25, 0.3) is 0 Å². The molecule has 0 saturated carbocycles. The quantitative estimate of drug-likeness (QED) is 0.835. The number of nitrogens with zero attached hydrogens (tertiary/aromatic N) is 2. The van der Waals surface area contributed by atoms with E-state index in [9.17, 15) is 9.59 Å². The highest BCUT2D eigenvalue weighted by Crippen LogP contribution is 2.30. The summed E-state index contributed by atoms with van der Waals surface area (Å²) in [7, 11) is 0. The molecule has 0 spiro atoms. The second kappa shape index (κ2) is 7.99. The molecule has 1 aromatic carbocycles. The molecule has 3 heterocycles. The average Bonchev–Trinajstić information content (AvgIpc) is 3.28. The summed E-state index contributed by atoms with van der Waals surface area (Å²) in [5, 5.41) is 0. The van der Waals surface area contributed by atoms with Crippen LogP contribution in [0.4, 0.5) is 0 Å². The number of carbonyl (C=O) groups is 2. The summed E-state index contributed by atoms with van der Waals surface area (Å²) >= 11 is 0. The van der Waals surface area contributed by atoms with Crippen molar-refractivity contribution in [1.29, 1.82) is 0 Å². The largest absolute Gasteiger partial charge is 0.472 e. The molecule has 1 aromatic heterocycles. The van der Waals surface area contributed by atoms with Gasteiger partial charge in [-0.2, -0.15) is 0 Å². The molecule has 2 amide bonds. The molecule has 0 N–H and O–H groups in total. The van der Waals surface area contributed by atoms with Crippen LogP contribution in [0, 0.1) is 5.92 Å². The maximum Gasteiger partial charge on any atom is 0.257 e. The SMILES string of the molecule is O=C(c1ccoc1)N1CCC(C(=O)N2CCC(c3ccccc3)CC2)CC1. The molecular weight excluding hydrogens is 340 g/mol. The number of benzene rings is 1. The first-order valence-corrected chi connectivity index (χ1v) is 9.87. The van der Waals surface area contributed by atoms with Crippen molar-refractivity contribution in [3.8, 4) is 0 Å². The van der Waals surface area contributed by atoms with Crippen molar-refractivity contribution >= 4 is 11.8 Å². The van der Waals surface area contributed by atoms with Crippen LogP contribution in [-0.4, -0.2) is 47.8 Å². The zero-order chi connectivity index (χ0) is 18.6. The topological polar surface area (TPSA) is 53.8 Å². The fourth-order valence-corrected chi connectivity index (χ4v) is 4.31. The predicted octanol–water partition coefficient (Wildman–Crippen LogP) is 3.54. The number of carbonyl (C=O) groups excluding carboxylic acids is 2. The Labute approximate surface area is 159 Å². The molecule has 0 atom stereocenters. The molecule has 2 aliphatic heterocycles. The first kappa shape index (κ1) is 17.8. The third kappa shape index (κ3) is 3.92. The number of amides is 2. The highest BCUT2D eigenvalue weighted by molar-refractivity contribution is 5.94. The normalized spacial score (nSPS) is 19.3. The van der Waals surface area contributed by atoms with Crippen LogP contribution in [0.5, 0.6) is 0 Å². The molecule has 2 aliphatic rings. The second-order valence-electron chi connectivity index (χ2n) is 7.59. The minimum absolute atomic E-state index is 0.00155. The minimum Gasteiger partial charge on any atom is -0.472 e. The lowest BCUT2D eigenvalue weighted by molar-refractivity contribution is -0.138. The van der Waals surface area contributed by atoms with Crippen molar-refractivity contribution in [3.63, 3.8) is 0 Å². The summed E-state index contributed by atoms with van der Waals surface area (Å²) < 4.78 is 5.00. The van der Waals surface area contributed by atoms with Gasteiger partial charge in [0.2, 0.25) is 5.91 Å². The monoisotopic (exact) mass is 366 g/mol. The Kier molecular flexibility index (Phi) is 5.28. The third-order valence-electron chi connectivity index (χ3n) is 5.98. The molecule has 0 unspecified atom stereocenters. The first-order valence-electron chi connectivity index (χ1n) is 9.87. The minimum atomic E-state index is -0.00155. The molecule has 0 radical (unpaired) electrons. The average molecular weight is 366 g/mol. The van der Waals surface area contributed by atoms with E-state index in [1.54, 1.807) is 6.07 Å². The van der Waals surface area contributed by atoms with Crippen LogP contribution in [-0.2, 0) is 4.79 Å². The second-order valence-corrected chi connectivity index (χ2v) is 7.59. The molecule has 5 heteroatoms. The van der Waals surface area contributed by atoms with E-state index in [4.69, 9.17) is 4.42 Å². The molecule has 2 saturated heterocycles. The number of hydrogen-bond donors (Lipinski definition) is 0. The molecule has 2 fully saturated rings. The Morgan fingerprint density at radius 2 is 1.52 bits per heavy atom. The van der Waals surface area contributed by atoms with Gasteiger partial charge in [-0.05, 0) is 43.2 Å². The van der Waals surface area contributed by atoms with Gasteiger partial charge in [-0.15, -0.1) is 0 Å². The van der Waals surface area contributed by atoms with Gasteiger partial charge in [-0.1, -0.05) is 30.3 Å². The Hall–Kier alpha value is -2.56. The molecule has 0 bridgehead atoms. The fourth-order valence-electron chi connectivity index (χ4n) is 4.31. The summed E-state index contributed by atoms with van der Waals surface area (Å²) in [6.45, 7) is 2.96. The van der Waals surface area contributed by atoms with Gasteiger partial charge in [0.25, 0.3) is 5.91 Å². The molecule has 142 valence electrons. The summed E-state index contributed by atoms with van der Waals surface area (Å²) in [4.78, 5) is 29.2. The third-order valence-corrected chi connectivity index (χ3v) is 5.98. The van der Waals surface area contributed by atoms with Crippen molar-refractivity contribution in [2.75, 3.05) is 26.2 Å². The zero-order valence-electron chi connectivity index (χ0n) is 15.5. The number of hydrogen-bond acceptors (Lipinski definition) is 3. The van der Waals surface area contributed by atoms with Gasteiger partial charge in [0, 0.05) is 32.1 Å². The van der Waals surface area contributed by atoms with E-state index >= 15 is 0 Å². The Morgan fingerprint density at radius 1 is 0.852 bits per heavy atom. The lowest BCUT2D eigenvalue weighted by Gasteiger charge is -2.37. The van der Waals surface area contributed by atoms with Crippen LogP contribution < -0.4 is 0 Å². The molecule has 0 aliphatic carbocycles. The molecule has 4 rings (SSSR count). The van der Waals surface area contributed by atoms with Crippen molar-refractivity contribution in [3.05, 3.63) is 60.1 Å².